The molecule has 0 fully saturated rings. The molecule has 2 aromatic rings. The van der Waals surface area contributed by atoms with Gasteiger partial charge in [-0.2, -0.15) is 5.10 Å². The Morgan fingerprint density at radius 2 is 1.89 bits per heavy atom. The van der Waals surface area contributed by atoms with Crippen LogP contribution in [0, 0.1) is 0 Å². The van der Waals surface area contributed by atoms with Crippen LogP contribution in [0.2, 0.25) is 0 Å². The molecule has 0 spiro atoms. The summed E-state index contributed by atoms with van der Waals surface area (Å²) in [5, 5.41) is 4.05. The molecule has 0 radical (unpaired) electrons. The zero-order valence-electron chi connectivity index (χ0n) is 9.64. The largest absolute Gasteiger partial charge is 0.465 e. The fourth-order valence-corrected chi connectivity index (χ4v) is 2.00. The highest BCUT2D eigenvalue weighted by Crippen LogP contribution is 2.21. The van der Waals surface area contributed by atoms with Crippen LogP contribution in [0.25, 0.3) is 5.52 Å². The summed E-state index contributed by atoms with van der Waals surface area (Å²) in [6.07, 6.45) is 0. The van der Waals surface area contributed by atoms with E-state index < -0.39 is 11.9 Å². The van der Waals surface area contributed by atoms with E-state index in [1.165, 1.54) is 18.7 Å². The third-order valence-electron chi connectivity index (χ3n) is 2.38. The van der Waals surface area contributed by atoms with E-state index in [-0.39, 0.29) is 11.3 Å². The Balaban J connectivity index is 2.80. The summed E-state index contributed by atoms with van der Waals surface area (Å²) in [5.41, 5.74) is 0.485. The zero-order chi connectivity index (χ0) is 13.3. The van der Waals surface area contributed by atoms with Gasteiger partial charge in [0, 0.05) is 0 Å². The number of carbonyl (C=O) groups is 2. The second kappa shape index (κ2) is 4.77. The lowest BCUT2D eigenvalue weighted by Crippen LogP contribution is -2.10. The Bertz CT molecular complexity index is 635. The van der Waals surface area contributed by atoms with E-state index in [9.17, 15) is 9.59 Å². The molecule has 0 N–H and O–H groups in total. The van der Waals surface area contributed by atoms with Gasteiger partial charge in [0.25, 0.3) is 0 Å². The van der Waals surface area contributed by atoms with Crippen LogP contribution in [0.3, 0.4) is 0 Å². The van der Waals surface area contributed by atoms with Crippen molar-refractivity contribution >= 4 is 33.4 Å². The molecule has 2 rings (SSSR count). The molecule has 7 heteroatoms. The first kappa shape index (κ1) is 12.6. The lowest BCUT2D eigenvalue weighted by atomic mass is 10.2. The molecule has 0 aliphatic heterocycles. The maximum absolute atomic E-state index is 11.7. The molecular formula is C11H9BrN2O4. The number of hydrogen-bond donors (Lipinski definition) is 0. The van der Waals surface area contributed by atoms with Gasteiger partial charge in [0.1, 0.15) is 10.2 Å². The molecule has 2 heterocycles. The van der Waals surface area contributed by atoms with Gasteiger partial charge in [0.15, 0.2) is 5.69 Å². The van der Waals surface area contributed by atoms with Gasteiger partial charge in [0.05, 0.1) is 19.7 Å². The predicted molar refractivity (Wildman–Crippen MR) is 65.6 cm³/mol. The average Bonchev–Trinajstić information content (AvgIpc) is 2.77. The van der Waals surface area contributed by atoms with Crippen molar-refractivity contribution in [3.8, 4) is 0 Å². The number of hydrogen-bond acceptors (Lipinski definition) is 5. The van der Waals surface area contributed by atoms with Crippen molar-refractivity contribution in [2.45, 2.75) is 0 Å². The Hall–Kier alpha value is -1.89. The Labute approximate surface area is 111 Å². The van der Waals surface area contributed by atoms with Gasteiger partial charge in [-0.3, -0.25) is 0 Å². The molecule has 0 saturated heterocycles. The molecule has 6 nitrogen and oxygen atoms in total. The molecular weight excluding hydrogens is 304 g/mol. The van der Waals surface area contributed by atoms with Crippen LogP contribution in [0.5, 0.6) is 0 Å². The fraction of sp³-hybridized carbons (Fsp3) is 0.182. The second-order valence-corrected chi connectivity index (χ2v) is 4.16. The summed E-state index contributed by atoms with van der Waals surface area (Å²) in [4.78, 5) is 23.4. The minimum Gasteiger partial charge on any atom is -0.465 e. The van der Waals surface area contributed by atoms with Gasteiger partial charge in [-0.1, -0.05) is 6.07 Å². The SMILES string of the molecule is COC(=O)c1nn2c(Br)cccc2c1C(=O)OC. The molecule has 0 unspecified atom stereocenters. The Morgan fingerprint density at radius 1 is 1.22 bits per heavy atom. The lowest BCUT2D eigenvalue weighted by Gasteiger charge is -1.99. The predicted octanol–water partition coefficient (Wildman–Crippen LogP) is 1.67. The number of methoxy groups -OCH3 is 2. The first-order valence-corrected chi connectivity index (χ1v) is 5.73. The highest BCUT2D eigenvalue weighted by Gasteiger charge is 2.26. The van der Waals surface area contributed by atoms with Crippen molar-refractivity contribution in [2.75, 3.05) is 14.2 Å². The number of ether oxygens (including phenoxy) is 2. The van der Waals surface area contributed by atoms with Gasteiger partial charge in [-0.15, -0.1) is 0 Å². The molecule has 0 aromatic carbocycles. The van der Waals surface area contributed by atoms with Crippen molar-refractivity contribution in [1.29, 1.82) is 0 Å². The number of aromatic nitrogens is 2. The first-order valence-electron chi connectivity index (χ1n) is 4.94. The van der Waals surface area contributed by atoms with Crippen molar-refractivity contribution in [1.82, 2.24) is 9.61 Å². The average molecular weight is 313 g/mol. The van der Waals surface area contributed by atoms with Gasteiger partial charge in [-0.05, 0) is 28.1 Å². The Morgan fingerprint density at radius 3 is 2.50 bits per heavy atom. The molecule has 0 bridgehead atoms. The van der Waals surface area contributed by atoms with Gasteiger partial charge in [-0.25, -0.2) is 14.1 Å². The highest BCUT2D eigenvalue weighted by atomic mass is 79.9. The number of pyridine rings is 1. The zero-order valence-corrected chi connectivity index (χ0v) is 11.2. The van der Waals surface area contributed by atoms with Crippen LogP contribution < -0.4 is 0 Å². The molecule has 0 aliphatic carbocycles. The standard InChI is InChI=1S/C11H9BrN2O4/c1-17-10(15)8-6-4-3-5-7(12)14(6)13-9(8)11(16)18-2/h3-5H,1-2H3. The van der Waals surface area contributed by atoms with Crippen molar-refractivity contribution in [3.05, 3.63) is 34.1 Å². The maximum atomic E-state index is 11.7. The number of esters is 2. The van der Waals surface area contributed by atoms with E-state index in [0.717, 1.165) is 0 Å². The smallest absolute Gasteiger partial charge is 0.359 e. The number of halogens is 1. The summed E-state index contributed by atoms with van der Waals surface area (Å²) < 4.78 is 11.3. The fourth-order valence-electron chi connectivity index (χ4n) is 1.58. The van der Waals surface area contributed by atoms with E-state index in [0.29, 0.717) is 10.1 Å². The summed E-state index contributed by atoms with van der Waals surface area (Å²) in [5.74, 6) is -1.32. The first-order chi connectivity index (χ1) is 8.60. The van der Waals surface area contributed by atoms with Crippen molar-refractivity contribution in [3.63, 3.8) is 0 Å². The second-order valence-electron chi connectivity index (χ2n) is 3.35. The van der Waals surface area contributed by atoms with Gasteiger partial charge < -0.3 is 9.47 Å². The van der Waals surface area contributed by atoms with E-state index in [1.54, 1.807) is 18.2 Å². The minimum absolute atomic E-state index is 0.0729. The summed E-state index contributed by atoms with van der Waals surface area (Å²) >= 11 is 3.28. The normalized spacial score (nSPS) is 10.4. The molecule has 18 heavy (non-hydrogen) atoms. The third-order valence-corrected chi connectivity index (χ3v) is 2.98. The number of nitrogens with zero attached hydrogens (tertiary/aromatic N) is 2. The van der Waals surface area contributed by atoms with Crippen LogP contribution >= 0.6 is 15.9 Å². The van der Waals surface area contributed by atoms with Crippen LogP contribution in [-0.2, 0) is 9.47 Å². The summed E-state index contributed by atoms with van der Waals surface area (Å²) in [6, 6.07) is 5.13. The van der Waals surface area contributed by atoms with E-state index in [2.05, 4.69) is 30.5 Å². The molecule has 0 aliphatic rings. The quantitative estimate of drug-likeness (QED) is 0.623. The lowest BCUT2D eigenvalue weighted by molar-refractivity contribution is 0.0553. The van der Waals surface area contributed by atoms with E-state index in [4.69, 9.17) is 0 Å². The van der Waals surface area contributed by atoms with Crippen molar-refractivity contribution in [2.24, 2.45) is 0 Å². The summed E-state index contributed by atoms with van der Waals surface area (Å²) in [7, 11) is 2.47. The van der Waals surface area contributed by atoms with Crippen LogP contribution in [0.4, 0.5) is 0 Å². The number of fused-ring (bicyclic) bond motifs is 1. The molecule has 94 valence electrons. The topological polar surface area (TPSA) is 69.9 Å². The van der Waals surface area contributed by atoms with E-state index >= 15 is 0 Å². The molecule has 0 saturated carbocycles. The van der Waals surface area contributed by atoms with Gasteiger partial charge in [0.2, 0.25) is 0 Å². The number of carbonyl (C=O) groups excluding carboxylic acids is 2. The maximum Gasteiger partial charge on any atom is 0.359 e. The molecule has 0 atom stereocenters. The molecule has 0 amide bonds. The third kappa shape index (κ3) is 1.86. The Kier molecular flexibility index (Phi) is 3.33. The van der Waals surface area contributed by atoms with Crippen LogP contribution in [0.1, 0.15) is 20.8 Å². The monoisotopic (exact) mass is 312 g/mol. The van der Waals surface area contributed by atoms with Crippen molar-refractivity contribution < 1.29 is 19.1 Å². The van der Waals surface area contributed by atoms with Crippen LogP contribution in [-0.4, -0.2) is 35.8 Å². The van der Waals surface area contributed by atoms with Crippen LogP contribution in [0.15, 0.2) is 22.8 Å². The molecule has 2 aromatic heterocycles. The van der Waals surface area contributed by atoms with E-state index in [1.807, 2.05) is 0 Å². The highest BCUT2D eigenvalue weighted by molar-refractivity contribution is 9.10. The minimum atomic E-state index is -0.689. The van der Waals surface area contributed by atoms with Gasteiger partial charge >= 0.3 is 11.9 Å². The number of rotatable bonds is 2. The summed E-state index contributed by atoms with van der Waals surface area (Å²) in [6.45, 7) is 0.